The Morgan fingerprint density at radius 2 is 1.74 bits per heavy atom. The summed E-state index contributed by atoms with van der Waals surface area (Å²) in [6.45, 7) is 0.437. The Hall–Kier alpha value is -4.31. The molecule has 0 unspecified atom stereocenters. The van der Waals surface area contributed by atoms with Crippen LogP contribution in [0.15, 0.2) is 77.8 Å². The molecule has 196 valence electrons. The Morgan fingerprint density at radius 3 is 2.39 bits per heavy atom. The fourth-order valence-corrected chi connectivity index (χ4v) is 4.97. The summed E-state index contributed by atoms with van der Waals surface area (Å²) >= 11 is 1.20. The van der Waals surface area contributed by atoms with Gasteiger partial charge in [-0.15, -0.1) is 0 Å². The van der Waals surface area contributed by atoms with Gasteiger partial charge in [0.25, 0.3) is 0 Å². The van der Waals surface area contributed by atoms with E-state index in [2.05, 4.69) is 5.32 Å². The maximum Gasteiger partial charge on any atom is 0.335 e. The lowest BCUT2D eigenvalue weighted by atomic mass is 10.1. The lowest BCUT2D eigenvalue weighted by Gasteiger charge is -2.16. The molecule has 3 aromatic rings. The number of hydrogen-bond acceptors (Lipinski definition) is 7. The van der Waals surface area contributed by atoms with Gasteiger partial charge in [-0.25, -0.2) is 9.69 Å². The monoisotopic (exact) mass is 533 g/mol. The Kier molecular flexibility index (Phi) is 8.65. The van der Waals surface area contributed by atoms with Crippen molar-refractivity contribution >= 4 is 46.1 Å². The first-order valence-electron chi connectivity index (χ1n) is 11.8. The largest absolute Gasteiger partial charge is 0.493 e. The van der Waals surface area contributed by atoms with Crippen molar-refractivity contribution in [3.63, 3.8) is 0 Å². The highest BCUT2D eigenvalue weighted by Crippen LogP contribution is 2.31. The third kappa shape index (κ3) is 6.33. The van der Waals surface area contributed by atoms with Crippen molar-refractivity contribution in [3.05, 3.63) is 83.9 Å². The summed E-state index contributed by atoms with van der Waals surface area (Å²) in [4.78, 5) is 42.9. The summed E-state index contributed by atoms with van der Waals surface area (Å²) in [6.07, 6.45) is 0.635. The van der Waals surface area contributed by atoms with Crippen LogP contribution in [0.25, 0.3) is 0 Å². The molecule has 10 heteroatoms. The second kappa shape index (κ2) is 12.3. The smallest absolute Gasteiger partial charge is 0.335 e. The highest BCUT2D eigenvalue weighted by atomic mass is 32.2. The summed E-state index contributed by atoms with van der Waals surface area (Å²) in [5.74, 6) is -0.513. The topological polar surface area (TPSA) is 118 Å². The van der Waals surface area contributed by atoms with Crippen LogP contribution in [0.4, 0.5) is 11.4 Å². The lowest BCUT2D eigenvalue weighted by Crippen LogP contribution is -2.31. The number of para-hydroxylation sites is 1. The summed E-state index contributed by atoms with van der Waals surface area (Å²) in [6, 6.07) is 20.8. The average molecular weight is 534 g/mol. The number of aromatic carboxylic acids is 1. The van der Waals surface area contributed by atoms with Gasteiger partial charge >= 0.3 is 5.97 Å². The van der Waals surface area contributed by atoms with Crippen molar-refractivity contribution < 1.29 is 29.0 Å². The lowest BCUT2D eigenvalue weighted by molar-refractivity contribution is -0.121. The number of amides is 2. The number of carboxylic acid groups (broad SMARTS) is 1. The minimum atomic E-state index is -1.08. The molecule has 4 rings (SSSR count). The molecule has 0 aliphatic carbocycles. The van der Waals surface area contributed by atoms with E-state index in [0.717, 1.165) is 16.2 Å². The SMILES string of the molecule is COc1ccc(CCN=C(Nc2ccccc2)S[C@@H]2CC(=O)N(c3ccc(C(=O)O)cc3)C2=O)cc1OC. The molecule has 1 aliphatic heterocycles. The number of nitrogens with one attached hydrogen (secondary N) is 1. The number of hydrogen-bond donors (Lipinski definition) is 2. The Morgan fingerprint density at radius 1 is 1.03 bits per heavy atom. The van der Waals surface area contributed by atoms with Crippen molar-refractivity contribution in [2.45, 2.75) is 18.1 Å². The third-order valence-electron chi connectivity index (χ3n) is 5.86. The molecule has 0 radical (unpaired) electrons. The number of carbonyl (C=O) groups is 3. The van der Waals surface area contributed by atoms with Crippen LogP contribution < -0.4 is 19.7 Å². The van der Waals surface area contributed by atoms with Gasteiger partial charge in [0, 0.05) is 18.7 Å². The van der Waals surface area contributed by atoms with Gasteiger partial charge < -0.3 is 19.9 Å². The van der Waals surface area contributed by atoms with Gasteiger partial charge in [0.1, 0.15) is 5.25 Å². The van der Waals surface area contributed by atoms with E-state index in [1.807, 2.05) is 48.5 Å². The van der Waals surface area contributed by atoms with E-state index >= 15 is 0 Å². The maximum absolute atomic E-state index is 13.2. The summed E-state index contributed by atoms with van der Waals surface area (Å²) in [5, 5.41) is 12.2. The molecule has 1 fully saturated rings. The molecule has 0 aromatic heterocycles. The zero-order chi connectivity index (χ0) is 27.1. The number of methoxy groups -OCH3 is 2. The fourth-order valence-electron chi connectivity index (χ4n) is 3.93. The predicted molar refractivity (Wildman–Crippen MR) is 148 cm³/mol. The van der Waals surface area contributed by atoms with Gasteiger partial charge in [-0.05, 0) is 60.5 Å². The van der Waals surface area contributed by atoms with Gasteiger partial charge in [-0.2, -0.15) is 0 Å². The molecule has 0 saturated carbocycles. The molecule has 3 aromatic carbocycles. The van der Waals surface area contributed by atoms with Gasteiger partial charge in [-0.1, -0.05) is 36.0 Å². The number of benzene rings is 3. The first kappa shape index (κ1) is 26.7. The van der Waals surface area contributed by atoms with Gasteiger partial charge in [0.15, 0.2) is 16.7 Å². The van der Waals surface area contributed by atoms with Crippen molar-refractivity contribution in [2.75, 3.05) is 31.0 Å². The van der Waals surface area contributed by atoms with Crippen LogP contribution in [0.5, 0.6) is 11.5 Å². The van der Waals surface area contributed by atoms with Gasteiger partial charge in [-0.3, -0.25) is 14.6 Å². The molecule has 1 aliphatic rings. The minimum absolute atomic E-state index is 0.00928. The summed E-state index contributed by atoms with van der Waals surface area (Å²) < 4.78 is 10.7. The summed E-state index contributed by atoms with van der Waals surface area (Å²) in [5.41, 5.74) is 2.24. The zero-order valence-electron chi connectivity index (χ0n) is 20.9. The Bertz CT molecular complexity index is 1340. The molecule has 0 bridgehead atoms. The van der Waals surface area contributed by atoms with E-state index in [9.17, 15) is 14.4 Å². The van der Waals surface area contributed by atoms with E-state index < -0.39 is 11.2 Å². The quantitative estimate of drug-likeness (QED) is 0.235. The van der Waals surface area contributed by atoms with Crippen molar-refractivity contribution in [1.29, 1.82) is 0 Å². The van der Waals surface area contributed by atoms with E-state index in [1.165, 1.54) is 36.0 Å². The first-order chi connectivity index (χ1) is 18.4. The van der Waals surface area contributed by atoms with E-state index in [0.29, 0.717) is 35.3 Å². The van der Waals surface area contributed by atoms with Crippen molar-refractivity contribution in [3.8, 4) is 11.5 Å². The standard InChI is InChI=1S/C28H27N3O6S/c1-36-22-13-8-18(16-23(22)37-2)14-15-29-28(30-20-6-4-3-5-7-20)38-24-17-25(32)31(26(24)33)21-11-9-19(10-12-21)27(34)35/h3-13,16,24H,14-15,17H2,1-2H3,(H,29,30)(H,34,35)/t24-/m1/s1. The second-order valence-corrected chi connectivity index (χ2v) is 9.54. The average Bonchev–Trinajstić information content (AvgIpc) is 3.21. The van der Waals surface area contributed by atoms with E-state index in [1.54, 1.807) is 14.2 Å². The molecule has 1 atom stereocenters. The number of anilines is 2. The molecule has 38 heavy (non-hydrogen) atoms. The van der Waals surface area contributed by atoms with Crippen molar-refractivity contribution in [2.24, 2.45) is 4.99 Å². The van der Waals surface area contributed by atoms with E-state index in [-0.39, 0.29) is 23.8 Å². The minimum Gasteiger partial charge on any atom is -0.493 e. The van der Waals surface area contributed by atoms with Crippen LogP contribution in [0.3, 0.4) is 0 Å². The van der Waals surface area contributed by atoms with Crippen LogP contribution in [-0.2, 0) is 16.0 Å². The van der Waals surface area contributed by atoms with Crippen LogP contribution in [0.1, 0.15) is 22.3 Å². The second-order valence-electron chi connectivity index (χ2n) is 8.35. The number of nitrogens with zero attached hydrogens (tertiary/aromatic N) is 2. The predicted octanol–water partition coefficient (Wildman–Crippen LogP) is 4.48. The zero-order valence-corrected chi connectivity index (χ0v) is 21.7. The number of carbonyl (C=O) groups excluding carboxylic acids is 2. The normalized spacial score (nSPS) is 15.5. The maximum atomic E-state index is 13.2. The number of thioether (sulfide) groups is 1. The highest BCUT2D eigenvalue weighted by molar-refractivity contribution is 8.15. The van der Waals surface area contributed by atoms with Crippen LogP contribution in [0.2, 0.25) is 0 Å². The van der Waals surface area contributed by atoms with Gasteiger partial charge in [0.2, 0.25) is 11.8 Å². The number of aliphatic imine (C=N–C) groups is 1. The molecule has 1 saturated heterocycles. The fraction of sp³-hybridized carbons (Fsp3) is 0.214. The molecule has 2 N–H and O–H groups in total. The summed E-state index contributed by atoms with van der Waals surface area (Å²) in [7, 11) is 3.17. The number of rotatable bonds is 9. The highest BCUT2D eigenvalue weighted by Gasteiger charge is 2.40. The molecule has 0 spiro atoms. The Balaban J connectivity index is 1.50. The van der Waals surface area contributed by atoms with Crippen LogP contribution in [0, 0.1) is 0 Å². The van der Waals surface area contributed by atoms with Crippen LogP contribution >= 0.6 is 11.8 Å². The number of carboxylic acids is 1. The van der Waals surface area contributed by atoms with Gasteiger partial charge in [0.05, 0.1) is 25.5 Å². The molecule has 1 heterocycles. The number of ether oxygens (including phenoxy) is 2. The number of imide groups is 1. The Labute approximate surface area is 224 Å². The molecule has 2 amide bonds. The van der Waals surface area contributed by atoms with Crippen molar-refractivity contribution in [1.82, 2.24) is 0 Å². The van der Waals surface area contributed by atoms with Crippen LogP contribution in [-0.4, -0.2) is 54.1 Å². The molecular weight excluding hydrogens is 506 g/mol. The molecule has 9 nitrogen and oxygen atoms in total. The first-order valence-corrected chi connectivity index (χ1v) is 12.7. The third-order valence-corrected chi connectivity index (χ3v) is 6.97. The molecular formula is C28H27N3O6S. The number of amidine groups is 1. The van der Waals surface area contributed by atoms with E-state index in [4.69, 9.17) is 19.6 Å².